The molecule has 2 heteroatoms. The Morgan fingerprint density at radius 2 is 1.10 bits per heavy atom. The smallest absolute Gasteiger partial charge is 0.0377 e. The van der Waals surface area contributed by atoms with Crippen molar-refractivity contribution in [3.63, 3.8) is 0 Å². The average molecular weight is 272 g/mol. The first-order chi connectivity index (χ1) is 4.37. The van der Waals surface area contributed by atoms with Gasteiger partial charge in [0, 0.05) is 8.65 Å². The summed E-state index contributed by atoms with van der Waals surface area (Å²) in [5.41, 5.74) is 0. The van der Waals surface area contributed by atoms with Gasteiger partial charge >= 0.3 is 0 Å². The molecule has 0 N–H and O–H groups in total. The lowest BCUT2D eigenvalue weighted by molar-refractivity contribution is 0.472. The van der Waals surface area contributed by atoms with Gasteiger partial charge in [-0.3, -0.25) is 0 Å². The molecule has 0 fully saturated rings. The van der Waals surface area contributed by atoms with Crippen molar-refractivity contribution in [2.24, 2.45) is 0 Å². The molecule has 0 saturated heterocycles. The van der Waals surface area contributed by atoms with E-state index in [9.17, 15) is 0 Å². The number of hydrogen-bond acceptors (Lipinski definition) is 0. The van der Waals surface area contributed by atoms with E-state index in [0.717, 1.165) is 12.8 Å². The third kappa shape index (κ3) is 2.23. The molecule has 0 aliphatic rings. The van der Waals surface area contributed by atoms with Crippen LogP contribution in [0.15, 0.2) is 0 Å². The van der Waals surface area contributed by atoms with Gasteiger partial charge in [-0.25, -0.2) is 0 Å². The van der Waals surface area contributed by atoms with Gasteiger partial charge in [0.05, 0.1) is 0 Å². The lowest BCUT2D eigenvalue weighted by Gasteiger charge is -2.36. The van der Waals surface area contributed by atoms with Crippen molar-refractivity contribution >= 4 is 31.9 Å². The van der Waals surface area contributed by atoms with Gasteiger partial charge in [-0.15, -0.1) is 0 Å². The van der Waals surface area contributed by atoms with E-state index in [1.165, 1.54) is 0 Å². The maximum Gasteiger partial charge on any atom is 0.0377 e. The van der Waals surface area contributed by atoms with Gasteiger partial charge in [0.2, 0.25) is 0 Å². The molecule has 2 atom stereocenters. The van der Waals surface area contributed by atoms with Gasteiger partial charge < -0.3 is 0 Å². The minimum atomic E-state index is 0.217. The second kappa shape index (κ2) is 3.57. The second-order valence-electron chi connectivity index (χ2n) is 3.10. The fourth-order valence-corrected chi connectivity index (χ4v) is 1.30. The summed E-state index contributed by atoms with van der Waals surface area (Å²) in [6.07, 6.45) is 2.28. The zero-order chi connectivity index (χ0) is 8.41. The van der Waals surface area contributed by atoms with E-state index in [1.807, 2.05) is 0 Å². The SMILES string of the molecule is CCC(C)(Br)C(C)(Br)CC. The molecule has 0 heterocycles. The van der Waals surface area contributed by atoms with Crippen molar-refractivity contribution in [1.29, 1.82) is 0 Å². The lowest BCUT2D eigenvalue weighted by Crippen LogP contribution is -2.38. The molecule has 62 valence electrons. The highest BCUT2D eigenvalue weighted by atomic mass is 79.9. The molecule has 0 saturated carbocycles. The molecule has 0 spiro atoms. The molecule has 0 bridgehead atoms. The molecular formula is C8H16Br2. The van der Waals surface area contributed by atoms with Gasteiger partial charge in [0.1, 0.15) is 0 Å². The van der Waals surface area contributed by atoms with Crippen LogP contribution in [0.2, 0.25) is 0 Å². The predicted molar refractivity (Wildman–Crippen MR) is 55.2 cm³/mol. The van der Waals surface area contributed by atoms with Crippen LogP contribution in [0.3, 0.4) is 0 Å². The first kappa shape index (κ1) is 11.0. The summed E-state index contributed by atoms with van der Waals surface area (Å²) in [6, 6.07) is 0. The Hall–Kier alpha value is 0.960. The first-order valence-corrected chi connectivity index (χ1v) is 5.34. The Bertz CT molecular complexity index is 91.8. The Morgan fingerprint density at radius 1 is 0.900 bits per heavy atom. The molecule has 0 rings (SSSR count). The maximum absolute atomic E-state index is 3.72. The van der Waals surface area contributed by atoms with Crippen LogP contribution in [-0.2, 0) is 0 Å². The summed E-state index contributed by atoms with van der Waals surface area (Å²) in [5.74, 6) is 0. The largest absolute Gasteiger partial charge is 0.0841 e. The molecule has 0 nitrogen and oxygen atoms in total. The lowest BCUT2D eigenvalue weighted by atomic mass is 9.91. The van der Waals surface area contributed by atoms with Gasteiger partial charge in [0.15, 0.2) is 0 Å². The van der Waals surface area contributed by atoms with Crippen LogP contribution in [0.5, 0.6) is 0 Å². The molecule has 10 heavy (non-hydrogen) atoms. The van der Waals surface area contributed by atoms with Crippen molar-refractivity contribution < 1.29 is 0 Å². The zero-order valence-corrected chi connectivity index (χ0v) is 10.3. The third-order valence-corrected chi connectivity index (χ3v) is 5.82. The quantitative estimate of drug-likeness (QED) is 0.678. The van der Waals surface area contributed by atoms with Gasteiger partial charge in [-0.2, -0.15) is 0 Å². The van der Waals surface area contributed by atoms with E-state index in [2.05, 4.69) is 59.6 Å². The van der Waals surface area contributed by atoms with Crippen molar-refractivity contribution in [3.8, 4) is 0 Å². The molecule has 0 aliphatic heterocycles. The molecule has 0 aliphatic carbocycles. The highest BCUT2D eigenvalue weighted by Gasteiger charge is 2.37. The van der Waals surface area contributed by atoms with E-state index in [1.54, 1.807) is 0 Å². The number of alkyl halides is 2. The molecule has 0 amide bonds. The number of hydrogen-bond donors (Lipinski definition) is 0. The fourth-order valence-electron chi connectivity index (χ4n) is 0.737. The average Bonchev–Trinajstić information content (AvgIpc) is 1.88. The standard InChI is InChI=1S/C8H16Br2/c1-5-7(3,9)8(4,10)6-2/h5-6H2,1-4H3. The van der Waals surface area contributed by atoms with E-state index in [0.29, 0.717) is 0 Å². The highest BCUT2D eigenvalue weighted by Crippen LogP contribution is 2.42. The molecular weight excluding hydrogens is 256 g/mol. The van der Waals surface area contributed by atoms with E-state index in [-0.39, 0.29) is 8.65 Å². The van der Waals surface area contributed by atoms with Crippen molar-refractivity contribution in [3.05, 3.63) is 0 Å². The summed E-state index contributed by atoms with van der Waals surface area (Å²) < 4.78 is 0.434. The highest BCUT2D eigenvalue weighted by molar-refractivity contribution is 9.13. The summed E-state index contributed by atoms with van der Waals surface area (Å²) in [7, 11) is 0. The summed E-state index contributed by atoms with van der Waals surface area (Å²) >= 11 is 7.43. The van der Waals surface area contributed by atoms with Gasteiger partial charge in [0.25, 0.3) is 0 Å². The molecule has 0 radical (unpaired) electrons. The monoisotopic (exact) mass is 270 g/mol. The Labute approximate surface area is 81.0 Å². The zero-order valence-electron chi connectivity index (χ0n) is 7.17. The number of halogens is 2. The van der Waals surface area contributed by atoms with Crippen molar-refractivity contribution in [2.75, 3.05) is 0 Å². The van der Waals surface area contributed by atoms with E-state index >= 15 is 0 Å². The molecule has 0 aromatic heterocycles. The number of rotatable bonds is 3. The summed E-state index contributed by atoms with van der Waals surface area (Å²) in [6.45, 7) is 8.85. The van der Waals surface area contributed by atoms with Crippen LogP contribution in [0.1, 0.15) is 40.5 Å². The molecule has 0 aromatic rings. The fraction of sp³-hybridized carbons (Fsp3) is 1.00. The van der Waals surface area contributed by atoms with E-state index in [4.69, 9.17) is 0 Å². The van der Waals surface area contributed by atoms with Crippen LogP contribution in [0, 0.1) is 0 Å². The van der Waals surface area contributed by atoms with Crippen LogP contribution in [0.4, 0.5) is 0 Å². The van der Waals surface area contributed by atoms with E-state index < -0.39 is 0 Å². The minimum Gasteiger partial charge on any atom is -0.0841 e. The first-order valence-electron chi connectivity index (χ1n) is 3.75. The third-order valence-electron chi connectivity index (χ3n) is 2.41. The van der Waals surface area contributed by atoms with Gasteiger partial charge in [-0.1, -0.05) is 45.7 Å². The van der Waals surface area contributed by atoms with Gasteiger partial charge in [-0.05, 0) is 26.7 Å². The summed E-state index contributed by atoms with van der Waals surface area (Å²) in [5, 5.41) is 0. The second-order valence-corrected chi connectivity index (χ2v) is 6.60. The van der Waals surface area contributed by atoms with Crippen LogP contribution in [-0.4, -0.2) is 8.65 Å². The Kier molecular flexibility index (Phi) is 3.92. The van der Waals surface area contributed by atoms with Crippen LogP contribution >= 0.6 is 31.9 Å². The maximum atomic E-state index is 3.72. The molecule has 0 aromatic carbocycles. The Morgan fingerprint density at radius 3 is 1.20 bits per heavy atom. The normalized spacial score (nSPS) is 23.4. The molecule has 2 unspecified atom stereocenters. The van der Waals surface area contributed by atoms with Crippen molar-refractivity contribution in [2.45, 2.75) is 49.2 Å². The van der Waals surface area contributed by atoms with Crippen molar-refractivity contribution in [1.82, 2.24) is 0 Å². The predicted octanol–water partition coefficient (Wildman–Crippen LogP) is 4.11. The summed E-state index contributed by atoms with van der Waals surface area (Å²) in [4.78, 5) is 0. The van der Waals surface area contributed by atoms with Crippen LogP contribution in [0.25, 0.3) is 0 Å². The minimum absolute atomic E-state index is 0.217. The Balaban J connectivity index is 4.28. The van der Waals surface area contributed by atoms with Crippen LogP contribution < -0.4 is 0 Å². The topological polar surface area (TPSA) is 0 Å².